The van der Waals surface area contributed by atoms with Gasteiger partial charge < -0.3 is 10.6 Å². The first-order valence-electron chi connectivity index (χ1n) is 8.15. The lowest BCUT2D eigenvalue weighted by molar-refractivity contribution is -0.120. The second-order valence-electron chi connectivity index (χ2n) is 6.29. The van der Waals surface area contributed by atoms with Crippen molar-refractivity contribution in [2.75, 3.05) is 6.54 Å². The molecule has 1 heterocycles. The summed E-state index contributed by atoms with van der Waals surface area (Å²) >= 11 is 1.36. The highest BCUT2D eigenvalue weighted by molar-refractivity contribution is 7.12. The zero-order chi connectivity index (χ0) is 17.5. The lowest BCUT2D eigenvalue weighted by Gasteiger charge is -2.15. The molecular weight excluding hydrogens is 320 g/mol. The molecule has 1 aromatic carbocycles. The SMILES string of the molecule is CC(C)Cc1ccc([C@@H](C)NC(=O)CNC(=O)c2cccs2)cc1. The lowest BCUT2D eigenvalue weighted by atomic mass is 10.00. The summed E-state index contributed by atoms with van der Waals surface area (Å²) < 4.78 is 0. The van der Waals surface area contributed by atoms with Gasteiger partial charge in [0.15, 0.2) is 0 Å². The van der Waals surface area contributed by atoms with E-state index in [2.05, 4.69) is 36.6 Å². The third kappa shape index (κ3) is 5.49. The number of amides is 2. The Kier molecular flexibility index (Phi) is 6.55. The standard InChI is InChI=1S/C19H24N2O2S/c1-13(2)11-15-6-8-16(9-7-15)14(3)21-18(22)12-20-19(23)17-5-4-10-24-17/h4-10,13-14H,11-12H2,1-3H3,(H,20,23)(H,21,22)/t14-/m1/s1. The Bertz CT molecular complexity index is 663. The van der Waals surface area contributed by atoms with Gasteiger partial charge in [0, 0.05) is 0 Å². The Morgan fingerprint density at radius 3 is 2.38 bits per heavy atom. The van der Waals surface area contributed by atoms with Gasteiger partial charge in [-0.05, 0) is 41.8 Å². The van der Waals surface area contributed by atoms with Crippen LogP contribution < -0.4 is 10.6 Å². The Hall–Kier alpha value is -2.14. The number of hydrogen-bond acceptors (Lipinski definition) is 3. The second kappa shape index (κ2) is 8.64. The summed E-state index contributed by atoms with van der Waals surface area (Å²) in [5.41, 5.74) is 2.36. The van der Waals surface area contributed by atoms with Gasteiger partial charge >= 0.3 is 0 Å². The van der Waals surface area contributed by atoms with Crippen molar-refractivity contribution in [3.05, 3.63) is 57.8 Å². The fourth-order valence-corrected chi connectivity index (χ4v) is 3.09. The number of carbonyl (C=O) groups is 2. The molecule has 0 radical (unpaired) electrons. The Morgan fingerprint density at radius 1 is 1.08 bits per heavy atom. The lowest BCUT2D eigenvalue weighted by Crippen LogP contribution is -2.37. The van der Waals surface area contributed by atoms with Gasteiger partial charge in [-0.2, -0.15) is 0 Å². The maximum absolute atomic E-state index is 12.0. The molecule has 5 heteroatoms. The van der Waals surface area contributed by atoms with Crippen LogP contribution in [0.15, 0.2) is 41.8 Å². The van der Waals surface area contributed by atoms with Crippen LogP contribution in [-0.4, -0.2) is 18.4 Å². The molecule has 0 aliphatic carbocycles. The van der Waals surface area contributed by atoms with Gasteiger partial charge in [-0.25, -0.2) is 0 Å². The molecule has 0 spiro atoms. The number of nitrogens with one attached hydrogen (secondary N) is 2. The van der Waals surface area contributed by atoms with Gasteiger partial charge in [-0.15, -0.1) is 11.3 Å². The van der Waals surface area contributed by atoms with E-state index in [0.717, 1.165) is 12.0 Å². The molecule has 0 saturated carbocycles. The molecule has 0 bridgehead atoms. The van der Waals surface area contributed by atoms with Crippen LogP contribution in [0.3, 0.4) is 0 Å². The van der Waals surface area contributed by atoms with Crippen molar-refractivity contribution in [3.8, 4) is 0 Å². The van der Waals surface area contributed by atoms with E-state index in [1.54, 1.807) is 6.07 Å². The molecule has 2 N–H and O–H groups in total. The highest BCUT2D eigenvalue weighted by atomic mass is 32.1. The predicted molar refractivity (Wildman–Crippen MR) is 98.2 cm³/mol. The first-order valence-corrected chi connectivity index (χ1v) is 9.03. The molecule has 0 unspecified atom stereocenters. The van der Waals surface area contributed by atoms with Crippen LogP contribution in [0.5, 0.6) is 0 Å². The van der Waals surface area contributed by atoms with Crippen molar-refractivity contribution in [1.29, 1.82) is 0 Å². The normalized spacial score (nSPS) is 12.0. The van der Waals surface area contributed by atoms with Crippen molar-refractivity contribution < 1.29 is 9.59 Å². The molecule has 1 atom stereocenters. The summed E-state index contributed by atoms with van der Waals surface area (Å²) in [4.78, 5) is 24.4. The Morgan fingerprint density at radius 2 is 1.79 bits per heavy atom. The fraction of sp³-hybridized carbons (Fsp3) is 0.368. The van der Waals surface area contributed by atoms with Crippen LogP contribution in [0.2, 0.25) is 0 Å². The van der Waals surface area contributed by atoms with Crippen LogP contribution >= 0.6 is 11.3 Å². The van der Waals surface area contributed by atoms with Gasteiger partial charge in [0.1, 0.15) is 0 Å². The molecule has 2 rings (SSSR count). The van der Waals surface area contributed by atoms with Crippen molar-refractivity contribution in [1.82, 2.24) is 10.6 Å². The molecule has 2 aromatic rings. The molecule has 0 saturated heterocycles. The van der Waals surface area contributed by atoms with Crippen LogP contribution in [-0.2, 0) is 11.2 Å². The van der Waals surface area contributed by atoms with E-state index >= 15 is 0 Å². The van der Waals surface area contributed by atoms with E-state index in [-0.39, 0.29) is 24.4 Å². The maximum atomic E-state index is 12.0. The molecule has 24 heavy (non-hydrogen) atoms. The zero-order valence-corrected chi connectivity index (χ0v) is 15.2. The topological polar surface area (TPSA) is 58.2 Å². The van der Waals surface area contributed by atoms with E-state index in [1.807, 2.05) is 30.5 Å². The largest absolute Gasteiger partial charge is 0.348 e. The minimum absolute atomic E-state index is 0.0213. The predicted octanol–water partition coefficient (Wildman–Crippen LogP) is 3.55. The quantitative estimate of drug-likeness (QED) is 0.807. The van der Waals surface area contributed by atoms with Crippen molar-refractivity contribution in [2.45, 2.75) is 33.2 Å². The van der Waals surface area contributed by atoms with Crippen LogP contribution in [0.4, 0.5) is 0 Å². The van der Waals surface area contributed by atoms with Crippen LogP contribution in [0.25, 0.3) is 0 Å². The number of thiophene rings is 1. The molecule has 0 aliphatic heterocycles. The summed E-state index contributed by atoms with van der Waals surface area (Å²) in [7, 11) is 0. The van der Waals surface area contributed by atoms with E-state index in [4.69, 9.17) is 0 Å². The molecule has 128 valence electrons. The summed E-state index contributed by atoms with van der Waals surface area (Å²) in [6.45, 7) is 6.31. The zero-order valence-electron chi connectivity index (χ0n) is 14.3. The fourth-order valence-electron chi connectivity index (χ4n) is 2.45. The summed E-state index contributed by atoms with van der Waals surface area (Å²) in [6.07, 6.45) is 1.05. The van der Waals surface area contributed by atoms with E-state index < -0.39 is 0 Å². The Balaban J connectivity index is 1.81. The van der Waals surface area contributed by atoms with Gasteiger partial charge in [-0.3, -0.25) is 9.59 Å². The average molecular weight is 344 g/mol. The highest BCUT2D eigenvalue weighted by Gasteiger charge is 2.12. The van der Waals surface area contributed by atoms with Crippen molar-refractivity contribution >= 4 is 23.2 Å². The summed E-state index contributed by atoms with van der Waals surface area (Å²) in [6, 6.07) is 11.8. The number of benzene rings is 1. The van der Waals surface area contributed by atoms with Crippen molar-refractivity contribution in [2.24, 2.45) is 5.92 Å². The Labute approximate surface area is 147 Å². The minimum atomic E-state index is -0.217. The molecular formula is C19H24N2O2S. The molecule has 1 aromatic heterocycles. The van der Waals surface area contributed by atoms with Crippen LogP contribution in [0, 0.1) is 5.92 Å². The maximum Gasteiger partial charge on any atom is 0.261 e. The van der Waals surface area contributed by atoms with E-state index in [1.165, 1.54) is 16.9 Å². The van der Waals surface area contributed by atoms with E-state index in [9.17, 15) is 9.59 Å². The second-order valence-corrected chi connectivity index (χ2v) is 7.24. The number of hydrogen-bond donors (Lipinski definition) is 2. The number of rotatable bonds is 7. The first-order chi connectivity index (χ1) is 11.5. The monoisotopic (exact) mass is 344 g/mol. The summed E-state index contributed by atoms with van der Waals surface area (Å²) in [5.74, 6) is 0.212. The summed E-state index contributed by atoms with van der Waals surface area (Å²) in [5, 5.41) is 7.37. The average Bonchev–Trinajstić information content (AvgIpc) is 3.07. The molecule has 0 fully saturated rings. The van der Waals surface area contributed by atoms with Gasteiger partial charge in [0.25, 0.3) is 5.91 Å². The highest BCUT2D eigenvalue weighted by Crippen LogP contribution is 2.15. The molecule has 0 aliphatic rings. The third-order valence-corrected chi connectivity index (χ3v) is 4.52. The first kappa shape index (κ1) is 18.2. The smallest absolute Gasteiger partial charge is 0.261 e. The van der Waals surface area contributed by atoms with E-state index in [0.29, 0.717) is 10.8 Å². The van der Waals surface area contributed by atoms with Crippen LogP contribution in [0.1, 0.15) is 47.6 Å². The molecule has 4 nitrogen and oxygen atoms in total. The molecule has 2 amide bonds. The van der Waals surface area contributed by atoms with Gasteiger partial charge in [-0.1, -0.05) is 44.2 Å². The van der Waals surface area contributed by atoms with Gasteiger partial charge in [0.05, 0.1) is 17.5 Å². The van der Waals surface area contributed by atoms with Gasteiger partial charge in [0.2, 0.25) is 5.91 Å². The third-order valence-electron chi connectivity index (χ3n) is 3.66. The number of carbonyl (C=O) groups excluding carboxylic acids is 2. The minimum Gasteiger partial charge on any atom is -0.348 e. The van der Waals surface area contributed by atoms with Crippen molar-refractivity contribution in [3.63, 3.8) is 0 Å².